The quantitative estimate of drug-likeness (QED) is 0.815. The first kappa shape index (κ1) is 14.8. The Morgan fingerprint density at radius 1 is 1.41 bits per heavy atom. The molecule has 1 rings (SSSR count). The fourth-order valence-electron chi connectivity index (χ4n) is 1.36. The number of benzene rings is 1. The molecule has 0 aliphatic carbocycles. The van der Waals surface area contributed by atoms with E-state index >= 15 is 0 Å². The Balaban J connectivity index is 2.73. The van der Waals surface area contributed by atoms with Gasteiger partial charge in [-0.1, -0.05) is 17.7 Å². The number of hydrogen-bond acceptors (Lipinski definition) is 4. The van der Waals surface area contributed by atoms with Gasteiger partial charge in [0.25, 0.3) is 0 Å². The lowest BCUT2D eigenvalue weighted by Crippen LogP contribution is -2.07. The smallest absolute Gasteiger partial charge is 0.148 e. The van der Waals surface area contributed by atoms with E-state index in [-0.39, 0.29) is 5.75 Å². The van der Waals surface area contributed by atoms with Crippen LogP contribution in [-0.2, 0) is 16.3 Å². The van der Waals surface area contributed by atoms with Gasteiger partial charge in [0.15, 0.2) is 0 Å². The van der Waals surface area contributed by atoms with Crippen LogP contribution in [0.3, 0.4) is 0 Å². The predicted octanol–water partition coefficient (Wildman–Crippen LogP) is 1.98. The van der Waals surface area contributed by atoms with Crippen LogP contribution in [0.2, 0.25) is 5.02 Å². The minimum Gasteiger partial charge on any atom is -0.330 e. The van der Waals surface area contributed by atoms with Gasteiger partial charge in [0.1, 0.15) is 9.84 Å². The van der Waals surface area contributed by atoms with Crippen molar-refractivity contribution < 1.29 is 8.42 Å². The van der Waals surface area contributed by atoms with Crippen molar-refractivity contribution in [1.29, 1.82) is 0 Å². The van der Waals surface area contributed by atoms with Crippen LogP contribution >= 0.6 is 23.4 Å². The highest BCUT2D eigenvalue weighted by Gasteiger charge is 2.08. The molecule has 0 heterocycles. The van der Waals surface area contributed by atoms with E-state index in [1.165, 1.54) is 18.0 Å². The summed E-state index contributed by atoms with van der Waals surface area (Å²) in [6, 6.07) is 5.64. The number of sulfone groups is 1. The maximum Gasteiger partial charge on any atom is 0.148 e. The standard InChI is InChI=1S/C11H16ClNO2S2/c1-17(14,15)8-7-16-11-4-2-3-10(12)9(11)5-6-13/h2-4H,5-8,13H2,1H3. The highest BCUT2D eigenvalue weighted by Crippen LogP contribution is 2.28. The Morgan fingerprint density at radius 3 is 2.71 bits per heavy atom. The SMILES string of the molecule is CS(=O)(=O)CCSc1cccc(Cl)c1CCN. The molecule has 0 saturated carbocycles. The molecule has 0 amide bonds. The Labute approximate surface area is 112 Å². The molecule has 3 nitrogen and oxygen atoms in total. The third kappa shape index (κ3) is 5.29. The molecule has 0 unspecified atom stereocenters. The van der Waals surface area contributed by atoms with E-state index < -0.39 is 9.84 Å². The summed E-state index contributed by atoms with van der Waals surface area (Å²) in [5.74, 6) is 0.711. The van der Waals surface area contributed by atoms with E-state index in [1.807, 2.05) is 18.2 Å². The molecule has 1 aromatic carbocycles. The predicted molar refractivity (Wildman–Crippen MR) is 74.6 cm³/mol. The van der Waals surface area contributed by atoms with E-state index in [4.69, 9.17) is 17.3 Å². The Kier molecular flexibility index (Phi) is 5.79. The zero-order valence-corrected chi connectivity index (χ0v) is 12.0. The summed E-state index contributed by atoms with van der Waals surface area (Å²) in [4.78, 5) is 1.02. The van der Waals surface area contributed by atoms with Crippen LogP contribution < -0.4 is 5.73 Å². The van der Waals surface area contributed by atoms with Gasteiger partial charge in [-0.25, -0.2) is 8.42 Å². The van der Waals surface area contributed by atoms with Crippen LogP contribution in [0.5, 0.6) is 0 Å². The van der Waals surface area contributed by atoms with Crippen LogP contribution in [-0.4, -0.2) is 32.7 Å². The molecule has 0 spiro atoms. The molecule has 1 aromatic rings. The minimum absolute atomic E-state index is 0.173. The second-order valence-electron chi connectivity index (χ2n) is 3.73. The van der Waals surface area contributed by atoms with Crippen molar-refractivity contribution in [3.8, 4) is 0 Å². The van der Waals surface area contributed by atoms with Gasteiger partial charge in [-0.15, -0.1) is 11.8 Å². The van der Waals surface area contributed by atoms with Crippen LogP contribution in [0, 0.1) is 0 Å². The van der Waals surface area contributed by atoms with Gasteiger partial charge in [0.05, 0.1) is 5.75 Å². The van der Waals surface area contributed by atoms with Crippen molar-refractivity contribution in [2.24, 2.45) is 5.73 Å². The number of nitrogens with two attached hydrogens (primary N) is 1. The van der Waals surface area contributed by atoms with Crippen molar-refractivity contribution in [2.75, 3.05) is 24.3 Å². The van der Waals surface area contributed by atoms with Gasteiger partial charge < -0.3 is 5.73 Å². The molecule has 6 heteroatoms. The average molecular weight is 294 g/mol. The molecule has 0 bridgehead atoms. The Morgan fingerprint density at radius 2 is 2.12 bits per heavy atom. The molecule has 17 heavy (non-hydrogen) atoms. The summed E-state index contributed by atoms with van der Waals surface area (Å²) in [7, 11) is -2.91. The van der Waals surface area contributed by atoms with Gasteiger partial charge in [-0.3, -0.25) is 0 Å². The highest BCUT2D eigenvalue weighted by atomic mass is 35.5. The maximum absolute atomic E-state index is 11.0. The molecule has 0 aliphatic rings. The van der Waals surface area contributed by atoms with Gasteiger partial charge in [0.2, 0.25) is 0 Å². The fourth-order valence-corrected chi connectivity index (χ4v) is 4.01. The van der Waals surface area contributed by atoms with Crippen molar-refractivity contribution in [1.82, 2.24) is 0 Å². The lowest BCUT2D eigenvalue weighted by atomic mass is 10.1. The van der Waals surface area contributed by atoms with Crippen molar-refractivity contribution in [3.05, 3.63) is 28.8 Å². The molecule has 0 saturated heterocycles. The van der Waals surface area contributed by atoms with Crippen molar-refractivity contribution in [3.63, 3.8) is 0 Å². The van der Waals surface area contributed by atoms with Crippen molar-refractivity contribution in [2.45, 2.75) is 11.3 Å². The summed E-state index contributed by atoms with van der Waals surface area (Å²) in [6.45, 7) is 0.531. The third-order valence-corrected chi connectivity index (χ3v) is 4.84. The van der Waals surface area contributed by atoms with E-state index in [0.717, 1.165) is 10.5 Å². The van der Waals surface area contributed by atoms with E-state index in [0.29, 0.717) is 23.7 Å². The van der Waals surface area contributed by atoms with Gasteiger partial charge in [-0.2, -0.15) is 0 Å². The number of thioether (sulfide) groups is 1. The molecule has 0 radical (unpaired) electrons. The first-order chi connectivity index (χ1) is 7.94. The average Bonchev–Trinajstić information content (AvgIpc) is 2.21. The molecular weight excluding hydrogens is 278 g/mol. The van der Waals surface area contributed by atoms with Gasteiger partial charge >= 0.3 is 0 Å². The largest absolute Gasteiger partial charge is 0.330 e. The number of hydrogen-bond donors (Lipinski definition) is 1. The van der Waals surface area contributed by atoms with Gasteiger partial charge in [-0.05, 0) is 30.7 Å². The summed E-state index contributed by atoms with van der Waals surface area (Å²) in [5.41, 5.74) is 6.54. The van der Waals surface area contributed by atoms with Crippen LogP contribution in [0.1, 0.15) is 5.56 Å². The molecular formula is C11H16ClNO2S2. The Hall–Kier alpha value is -0.230. The molecule has 96 valence electrons. The minimum atomic E-state index is -2.91. The second-order valence-corrected chi connectivity index (χ2v) is 7.54. The van der Waals surface area contributed by atoms with Crippen molar-refractivity contribution >= 4 is 33.2 Å². The summed E-state index contributed by atoms with van der Waals surface area (Å²) < 4.78 is 22.1. The summed E-state index contributed by atoms with van der Waals surface area (Å²) >= 11 is 7.60. The summed E-state index contributed by atoms with van der Waals surface area (Å²) in [6.07, 6.45) is 1.95. The molecule has 0 aromatic heterocycles. The summed E-state index contributed by atoms with van der Waals surface area (Å²) in [5, 5.41) is 0.694. The van der Waals surface area contributed by atoms with Crippen LogP contribution in [0.4, 0.5) is 0 Å². The normalized spacial score (nSPS) is 11.7. The lowest BCUT2D eigenvalue weighted by Gasteiger charge is -2.09. The molecule has 2 N–H and O–H groups in total. The number of rotatable bonds is 6. The highest BCUT2D eigenvalue weighted by molar-refractivity contribution is 8.00. The zero-order valence-electron chi connectivity index (χ0n) is 9.65. The Bertz CT molecular complexity index is 474. The van der Waals surface area contributed by atoms with E-state index in [9.17, 15) is 8.42 Å². The molecule has 0 atom stereocenters. The van der Waals surface area contributed by atoms with E-state index in [1.54, 1.807) is 0 Å². The molecule has 0 aliphatic heterocycles. The first-order valence-electron chi connectivity index (χ1n) is 5.22. The lowest BCUT2D eigenvalue weighted by molar-refractivity contribution is 0.603. The van der Waals surface area contributed by atoms with Crippen LogP contribution in [0.25, 0.3) is 0 Å². The first-order valence-corrected chi connectivity index (χ1v) is 8.64. The third-order valence-electron chi connectivity index (χ3n) is 2.18. The van der Waals surface area contributed by atoms with E-state index in [2.05, 4.69) is 0 Å². The second kappa shape index (κ2) is 6.64. The monoisotopic (exact) mass is 293 g/mol. The van der Waals surface area contributed by atoms with Gasteiger partial charge in [0, 0.05) is 21.9 Å². The molecule has 0 fully saturated rings. The zero-order chi connectivity index (χ0) is 12.9. The fraction of sp³-hybridized carbons (Fsp3) is 0.455. The topological polar surface area (TPSA) is 60.2 Å². The van der Waals surface area contributed by atoms with Crippen LogP contribution in [0.15, 0.2) is 23.1 Å². The maximum atomic E-state index is 11.0. The number of halogens is 1.